The minimum absolute atomic E-state index is 0.147. The fourth-order valence-corrected chi connectivity index (χ4v) is 7.53. The molecule has 0 aromatic carbocycles. The number of aliphatic hydroxyl groups excluding tert-OH is 1. The van der Waals surface area contributed by atoms with Gasteiger partial charge in [0.25, 0.3) is 0 Å². The SMILES string of the molecule is CC(=O)O[C@@H]1CC[C@@]2(C)[C@@H](CC(=O)[C@](C)(OC(C)=O)[C@]23CC[C@]2(CO[C@@H](O)C2)O3)C1(C)C. The van der Waals surface area contributed by atoms with Crippen molar-refractivity contribution in [2.45, 2.75) is 109 Å². The highest BCUT2D eigenvalue weighted by Gasteiger charge is 2.77. The Morgan fingerprint density at radius 2 is 1.75 bits per heavy atom. The molecule has 4 rings (SSSR count). The van der Waals surface area contributed by atoms with E-state index in [0.29, 0.717) is 32.1 Å². The van der Waals surface area contributed by atoms with Crippen molar-refractivity contribution in [1.29, 1.82) is 0 Å². The van der Waals surface area contributed by atoms with Crippen LogP contribution in [-0.4, -0.2) is 58.6 Å². The highest BCUT2D eigenvalue weighted by atomic mass is 16.7. The Kier molecular flexibility index (Phi) is 5.35. The fraction of sp³-hybridized carbons (Fsp3) is 0.875. The summed E-state index contributed by atoms with van der Waals surface area (Å²) in [7, 11) is 0. The summed E-state index contributed by atoms with van der Waals surface area (Å²) in [5.74, 6) is -1.18. The molecule has 8 heteroatoms. The smallest absolute Gasteiger partial charge is 0.303 e. The van der Waals surface area contributed by atoms with E-state index in [1.165, 1.54) is 13.8 Å². The van der Waals surface area contributed by atoms with E-state index < -0.39 is 39.9 Å². The molecule has 2 aliphatic carbocycles. The lowest BCUT2D eigenvalue weighted by Crippen LogP contribution is -2.75. The summed E-state index contributed by atoms with van der Waals surface area (Å²) in [6.07, 6.45) is 1.70. The van der Waals surface area contributed by atoms with E-state index in [1.807, 2.05) is 13.8 Å². The molecule has 2 spiro atoms. The second-order valence-electron chi connectivity index (χ2n) is 11.3. The van der Waals surface area contributed by atoms with Crippen molar-refractivity contribution in [3.05, 3.63) is 0 Å². The van der Waals surface area contributed by atoms with E-state index in [2.05, 4.69) is 6.92 Å². The molecule has 2 heterocycles. The van der Waals surface area contributed by atoms with Gasteiger partial charge in [-0.25, -0.2) is 0 Å². The number of hydrogen-bond donors (Lipinski definition) is 1. The van der Waals surface area contributed by atoms with Gasteiger partial charge in [0.1, 0.15) is 11.7 Å². The van der Waals surface area contributed by atoms with Crippen molar-refractivity contribution in [2.75, 3.05) is 6.61 Å². The molecule has 0 aromatic rings. The lowest BCUT2D eigenvalue weighted by Gasteiger charge is -2.66. The average Bonchev–Trinajstić information content (AvgIpc) is 3.23. The quantitative estimate of drug-likeness (QED) is 0.637. The number of Topliss-reactive ketones (excluding diaryl/α,β-unsaturated/α-hetero) is 1. The van der Waals surface area contributed by atoms with Crippen LogP contribution in [-0.2, 0) is 33.3 Å². The Balaban J connectivity index is 1.83. The minimum atomic E-state index is -1.45. The zero-order valence-corrected chi connectivity index (χ0v) is 20.0. The summed E-state index contributed by atoms with van der Waals surface area (Å²) in [5, 5.41) is 10.1. The number of rotatable bonds is 2. The number of ether oxygens (including phenoxy) is 4. The van der Waals surface area contributed by atoms with E-state index >= 15 is 0 Å². The van der Waals surface area contributed by atoms with Gasteiger partial charge in [-0.15, -0.1) is 0 Å². The van der Waals surface area contributed by atoms with Crippen molar-refractivity contribution in [1.82, 2.24) is 0 Å². The zero-order valence-electron chi connectivity index (χ0n) is 20.0. The first kappa shape index (κ1) is 23.6. The van der Waals surface area contributed by atoms with E-state index in [-0.39, 0.29) is 36.8 Å². The second-order valence-corrected chi connectivity index (χ2v) is 11.3. The van der Waals surface area contributed by atoms with Crippen LogP contribution < -0.4 is 0 Å². The lowest BCUT2D eigenvalue weighted by molar-refractivity contribution is -0.294. The first-order valence-electron chi connectivity index (χ1n) is 11.6. The molecule has 0 aromatic heterocycles. The van der Waals surface area contributed by atoms with Crippen LogP contribution in [0.2, 0.25) is 0 Å². The molecule has 2 saturated carbocycles. The second kappa shape index (κ2) is 7.24. The van der Waals surface area contributed by atoms with Gasteiger partial charge in [0, 0.05) is 37.5 Å². The molecule has 0 unspecified atom stereocenters. The summed E-state index contributed by atoms with van der Waals surface area (Å²) in [4.78, 5) is 37.7. The van der Waals surface area contributed by atoms with Gasteiger partial charge in [-0.05, 0) is 38.5 Å². The Labute approximate surface area is 189 Å². The zero-order chi connectivity index (χ0) is 23.7. The first-order chi connectivity index (χ1) is 14.7. The molecular weight excluding hydrogens is 416 g/mol. The van der Waals surface area contributed by atoms with E-state index in [4.69, 9.17) is 18.9 Å². The maximum Gasteiger partial charge on any atom is 0.303 e. The normalized spacial score (nSPS) is 47.5. The Morgan fingerprint density at radius 3 is 2.31 bits per heavy atom. The van der Waals surface area contributed by atoms with Crippen LogP contribution in [0.4, 0.5) is 0 Å². The van der Waals surface area contributed by atoms with E-state index in [0.717, 1.165) is 0 Å². The highest BCUT2D eigenvalue weighted by molar-refractivity contribution is 5.92. The third kappa shape index (κ3) is 3.09. The predicted molar refractivity (Wildman–Crippen MR) is 112 cm³/mol. The number of esters is 2. The summed E-state index contributed by atoms with van der Waals surface area (Å²) in [6, 6.07) is 0. The molecular formula is C24H36O8. The molecule has 1 N–H and O–H groups in total. The van der Waals surface area contributed by atoms with Crippen LogP contribution in [0.1, 0.15) is 80.1 Å². The van der Waals surface area contributed by atoms with Crippen LogP contribution in [0.25, 0.3) is 0 Å². The average molecular weight is 453 g/mol. The van der Waals surface area contributed by atoms with Crippen LogP contribution in [0.15, 0.2) is 0 Å². The maximum atomic E-state index is 13.7. The number of hydrogen-bond acceptors (Lipinski definition) is 8. The van der Waals surface area contributed by atoms with Gasteiger partial charge in [-0.2, -0.15) is 0 Å². The molecule has 8 nitrogen and oxygen atoms in total. The highest BCUT2D eigenvalue weighted by Crippen LogP contribution is 2.69. The Bertz CT molecular complexity index is 838. The molecule has 32 heavy (non-hydrogen) atoms. The molecule has 180 valence electrons. The van der Waals surface area contributed by atoms with Gasteiger partial charge < -0.3 is 24.1 Å². The number of ketones is 1. The summed E-state index contributed by atoms with van der Waals surface area (Å²) >= 11 is 0. The van der Waals surface area contributed by atoms with Crippen LogP contribution in [0, 0.1) is 16.7 Å². The minimum Gasteiger partial charge on any atom is -0.462 e. The molecule has 0 amide bonds. The molecule has 2 aliphatic heterocycles. The van der Waals surface area contributed by atoms with Gasteiger partial charge >= 0.3 is 11.9 Å². The lowest BCUT2D eigenvalue weighted by atomic mass is 9.42. The summed E-state index contributed by atoms with van der Waals surface area (Å²) < 4.78 is 23.8. The Morgan fingerprint density at radius 1 is 1.06 bits per heavy atom. The molecule has 2 saturated heterocycles. The number of carbonyl (C=O) groups is 3. The fourth-order valence-electron chi connectivity index (χ4n) is 7.53. The molecule has 0 radical (unpaired) electrons. The van der Waals surface area contributed by atoms with E-state index in [1.54, 1.807) is 6.92 Å². The van der Waals surface area contributed by atoms with Crippen LogP contribution in [0.5, 0.6) is 0 Å². The maximum absolute atomic E-state index is 13.7. The molecule has 7 atom stereocenters. The first-order valence-corrected chi connectivity index (χ1v) is 11.6. The topological polar surface area (TPSA) is 108 Å². The molecule has 0 bridgehead atoms. The predicted octanol–water partition coefficient (Wildman–Crippen LogP) is 2.68. The van der Waals surface area contributed by atoms with Crippen molar-refractivity contribution >= 4 is 17.7 Å². The summed E-state index contributed by atoms with van der Waals surface area (Å²) in [6.45, 7) is 10.9. The number of aliphatic hydroxyl groups is 1. The Hall–Kier alpha value is -1.51. The van der Waals surface area contributed by atoms with Gasteiger partial charge in [-0.3, -0.25) is 14.4 Å². The van der Waals surface area contributed by atoms with Crippen LogP contribution in [0.3, 0.4) is 0 Å². The molecule has 4 aliphatic rings. The van der Waals surface area contributed by atoms with Gasteiger partial charge in [0.05, 0.1) is 12.2 Å². The van der Waals surface area contributed by atoms with Gasteiger partial charge in [0.15, 0.2) is 17.7 Å². The summed E-state index contributed by atoms with van der Waals surface area (Å²) in [5.41, 5.74) is -4.25. The third-order valence-corrected chi connectivity index (χ3v) is 9.10. The van der Waals surface area contributed by atoms with E-state index in [9.17, 15) is 19.5 Å². The standard InChI is InChI=1S/C24H36O8/c1-14(25)30-18-7-8-21(5)16(20(18,3)4)11-17(27)22(6,31-15(2)26)24(21)10-9-23(32-24)12-19(28)29-13-23/h16,18-19,28H,7-13H2,1-6H3/t16-,18+,19+,21-,22-,23-,24-/m0/s1. The van der Waals surface area contributed by atoms with Crippen molar-refractivity contribution in [3.8, 4) is 0 Å². The van der Waals surface area contributed by atoms with Crippen molar-refractivity contribution < 1.29 is 38.4 Å². The van der Waals surface area contributed by atoms with Gasteiger partial charge in [-0.1, -0.05) is 20.8 Å². The third-order valence-electron chi connectivity index (χ3n) is 9.10. The number of fused-ring (bicyclic) bond motifs is 2. The molecule has 4 fully saturated rings. The van der Waals surface area contributed by atoms with Crippen molar-refractivity contribution in [2.24, 2.45) is 16.7 Å². The van der Waals surface area contributed by atoms with Crippen LogP contribution >= 0.6 is 0 Å². The van der Waals surface area contributed by atoms with Gasteiger partial charge in [0.2, 0.25) is 0 Å². The largest absolute Gasteiger partial charge is 0.462 e. The number of carbonyl (C=O) groups excluding carboxylic acids is 3. The monoisotopic (exact) mass is 452 g/mol. The van der Waals surface area contributed by atoms with Crippen molar-refractivity contribution in [3.63, 3.8) is 0 Å².